The molecular formula is C33H38ClF2N3O4S. The van der Waals surface area contributed by atoms with Crippen molar-refractivity contribution in [1.82, 2.24) is 9.62 Å². The van der Waals surface area contributed by atoms with Crippen molar-refractivity contribution in [1.29, 1.82) is 0 Å². The molecule has 1 aliphatic carbocycles. The average Bonchev–Trinajstić information content (AvgIpc) is 3.04. The van der Waals surface area contributed by atoms with Crippen molar-refractivity contribution >= 4 is 27.5 Å². The Kier molecular flexibility index (Phi) is 10.2. The molecule has 236 valence electrons. The van der Waals surface area contributed by atoms with Gasteiger partial charge in [0.05, 0.1) is 11.5 Å². The van der Waals surface area contributed by atoms with Crippen LogP contribution in [0.3, 0.4) is 0 Å². The molecular weight excluding hydrogens is 608 g/mol. The molecule has 7 nitrogen and oxygen atoms in total. The first-order chi connectivity index (χ1) is 21.0. The van der Waals surface area contributed by atoms with Crippen LogP contribution in [-0.4, -0.2) is 51.0 Å². The Bertz CT molecular complexity index is 1510. The molecule has 1 atom stereocenters. The molecule has 0 radical (unpaired) electrons. The Morgan fingerprint density at radius 1 is 0.909 bits per heavy atom. The van der Waals surface area contributed by atoms with Crippen LogP contribution >= 0.6 is 11.6 Å². The number of sulfonamides is 1. The van der Waals surface area contributed by atoms with Crippen molar-refractivity contribution < 1.29 is 26.7 Å². The molecule has 2 fully saturated rings. The zero-order valence-electron chi connectivity index (χ0n) is 24.4. The minimum atomic E-state index is -4.52. The maximum absolute atomic E-state index is 16.2. The second kappa shape index (κ2) is 13.9. The van der Waals surface area contributed by atoms with Crippen LogP contribution in [0.1, 0.15) is 50.5 Å². The predicted molar refractivity (Wildman–Crippen MR) is 167 cm³/mol. The minimum Gasteiger partial charge on any atom is -0.493 e. The van der Waals surface area contributed by atoms with Gasteiger partial charge in [0.15, 0.2) is 6.04 Å². The van der Waals surface area contributed by atoms with E-state index in [2.05, 4.69) is 4.72 Å². The maximum atomic E-state index is 16.2. The number of piperidine rings is 1. The number of rotatable bonds is 10. The summed E-state index contributed by atoms with van der Waals surface area (Å²) in [6, 6.07) is 15.5. The van der Waals surface area contributed by atoms with E-state index in [-0.39, 0.29) is 24.0 Å². The second-order valence-corrected chi connectivity index (χ2v) is 13.9. The molecule has 3 aromatic carbocycles. The van der Waals surface area contributed by atoms with Crippen LogP contribution in [0.2, 0.25) is 5.02 Å². The normalized spacial score (nSPS) is 17.8. The molecule has 1 saturated heterocycles. The van der Waals surface area contributed by atoms with E-state index in [1.54, 1.807) is 24.3 Å². The van der Waals surface area contributed by atoms with Gasteiger partial charge >= 0.3 is 0 Å². The largest absolute Gasteiger partial charge is 0.493 e. The molecule has 3 aromatic rings. The van der Waals surface area contributed by atoms with E-state index in [9.17, 15) is 13.2 Å². The molecule has 0 aromatic heterocycles. The van der Waals surface area contributed by atoms with Crippen molar-refractivity contribution in [3.8, 4) is 16.9 Å². The van der Waals surface area contributed by atoms with Gasteiger partial charge in [-0.05, 0) is 79.1 Å². The van der Waals surface area contributed by atoms with Gasteiger partial charge in [0, 0.05) is 29.7 Å². The van der Waals surface area contributed by atoms with E-state index in [4.69, 9.17) is 22.1 Å². The number of carbonyl (C=O) groups excluding carboxylic acids is 1. The number of likely N-dealkylation sites (tertiary alicyclic amines) is 1. The first kappa shape index (κ1) is 32.3. The van der Waals surface area contributed by atoms with E-state index >= 15 is 8.78 Å². The summed E-state index contributed by atoms with van der Waals surface area (Å²) in [5.41, 5.74) is 6.91. The molecule has 11 heteroatoms. The van der Waals surface area contributed by atoms with Gasteiger partial charge in [-0.3, -0.25) is 4.79 Å². The van der Waals surface area contributed by atoms with E-state index in [0.29, 0.717) is 41.7 Å². The van der Waals surface area contributed by atoms with Gasteiger partial charge in [0.1, 0.15) is 5.75 Å². The second-order valence-electron chi connectivity index (χ2n) is 11.7. The highest BCUT2D eigenvalue weighted by Gasteiger charge is 2.50. The third-order valence-electron chi connectivity index (χ3n) is 8.53. The third-order valence-corrected chi connectivity index (χ3v) is 10.2. The SMILES string of the molecule is NC1CCN(C(=O)[C@@H](NS(=O)(=O)c2ccc(OCC3CCCCC3)cc2)C(F)(F)c2ccc(-c3ccc(Cl)cc3)cc2)CC1. The molecule has 5 rings (SSSR count). The summed E-state index contributed by atoms with van der Waals surface area (Å²) in [7, 11) is -4.52. The zero-order chi connectivity index (χ0) is 31.3. The van der Waals surface area contributed by atoms with Crippen LogP contribution in [0.4, 0.5) is 8.78 Å². The maximum Gasteiger partial charge on any atom is 0.298 e. The third kappa shape index (κ3) is 7.77. The van der Waals surface area contributed by atoms with Crippen LogP contribution in [0, 0.1) is 5.92 Å². The van der Waals surface area contributed by atoms with Gasteiger partial charge in [-0.2, -0.15) is 13.5 Å². The summed E-state index contributed by atoms with van der Waals surface area (Å²) in [6.45, 7) is 0.872. The number of amides is 1. The summed E-state index contributed by atoms with van der Waals surface area (Å²) in [6.07, 6.45) is 6.68. The molecule has 0 spiro atoms. The lowest BCUT2D eigenvalue weighted by Crippen LogP contribution is -2.57. The molecule has 3 N–H and O–H groups in total. The van der Waals surface area contributed by atoms with E-state index in [0.717, 1.165) is 18.4 Å². The number of nitrogens with two attached hydrogens (primary N) is 1. The lowest BCUT2D eigenvalue weighted by atomic mass is 9.90. The van der Waals surface area contributed by atoms with Gasteiger partial charge in [-0.15, -0.1) is 0 Å². The fourth-order valence-corrected chi connectivity index (χ4v) is 7.10. The molecule has 1 heterocycles. The standard InChI is InChI=1S/C33H38ClF2N3O4S/c34-27-12-8-25(9-13-27)24-6-10-26(11-7-24)33(35,36)31(32(40)39-20-18-28(37)19-21-39)38-44(41,42)30-16-14-29(15-17-30)43-22-23-4-2-1-3-5-23/h6-17,23,28,31,38H,1-5,18-22,37H2/t31-/m1/s1. The summed E-state index contributed by atoms with van der Waals surface area (Å²) in [4.78, 5) is 14.6. The quantitative estimate of drug-likeness (QED) is 0.267. The van der Waals surface area contributed by atoms with Crippen molar-refractivity contribution in [2.45, 2.75) is 67.8 Å². The van der Waals surface area contributed by atoms with Gasteiger partial charge in [-0.1, -0.05) is 67.3 Å². The first-order valence-electron chi connectivity index (χ1n) is 15.1. The van der Waals surface area contributed by atoms with Crippen molar-refractivity contribution in [3.05, 3.63) is 83.4 Å². The number of hydrogen-bond acceptors (Lipinski definition) is 5. The fourth-order valence-electron chi connectivity index (χ4n) is 5.78. The zero-order valence-corrected chi connectivity index (χ0v) is 26.0. The number of hydrogen-bond donors (Lipinski definition) is 2. The minimum absolute atomic E-state index is 0.144. The van der Waals surface area contributed by atoms with Crippen LogP contribution in [0.25, 0.3) is 11.1 Å². The van der Waals surface area contributed by atoms with Gasteiger partial charge in [0.2, 0.25) is 15.9 Å². The van der Waals surface area contributed by atoms with Gasteiger partial charge in [0.25, 0.3) is 5.92 Å². The number of benzene rings is 3. The van der Waals surface area contributed by atoms with E-state index < -0.39 is 33.5 Å². The molecule has 0 unspecified atom stereocenters. The summed E-state index contributed by atoms with van der Waals surface area (Å²) in [5.74, 6) is -3.91. The van der Waals surface area contributed by atoms with Crippen molar-refractivity contribution in [2.24, 2.45) is 11.7 Å². The van der Waals surface area contributed by atoms with Crippen LogP contribution in [0.5, 0.6) is 5.75 Å². The number of alkyl halides is 2. The lowest BCUT2D eigenvalue weighted by Gasteiger charge is -2.35. The highest BCUT2D eigenvalue weighted by Crippen LogP contribution is 2.36. The Morgan fingerprint density at radius 2 is 1.48 bits per heavy atom. The smallest absolute Gasteiger partial charge is 0.298 e. The Balaban J connectivity index is 1.37. The highest BCUT2D eigenvalue weighted by molar-refractivity contribution is 7.89. The average molecular weight is 646 g/mol. The molecule has 44 heavy (non-hydrogen) atoms. The highest BCUT2D eigenvalue weighted by atomic mass is 35.5. The van der Waals surface area contributed by atoms with Gasteiger partial charge in [-0.25, -0.2) is 8.42 Å². The Hall–Kier alpha value is -3.05. The van der Waals surface area contributed by atoms with Crippen LogP contribution < -0.4 is 15.2 Å². The van der Waals surface area contributed by atoms with Crippen molar-refractivity contribution in [2.75, 3.05) is 19.7 Å². The lowest BCUT2D eigenvalue weighted by molar-refractivity contribution is -0.145. The number of halogens is 3. The van der Waals surface area contributed by atoms with Crippen molar-refractivity contribution in [3.63, 3.8) is 0 Å². The first-order valence-corrected chi connectivity index (χ1v) is 16.9. The van der Waals surface area contributed by atoms with Gasteiger partial charge < -0.3 is 15.4 Å². The predicted octanol–water partition coefficient (Wildman–Crippen LogP) is 6.35. The molecule has 1 amide bonds. The molecule has 0 bridgehead atoms. The fraction of sp³-hybridized carbons (Fsp3) is 0.424. The summed E-state index contributed by atoms with van der Waals surface area (Å²) in [5, 5.41) is 0.547. The van der Waals surface area contributed by atoms with E-state index in [1.807, 2.05) is 0 Å². The number of nitrogens with zero attached hydrogens (tertiary/aromatic N) is 1. The topological polar surface area (TPSA) is 102 Å². The van der Waals surface area contributed by atoms with Crippen LogP contribution in [-0.2, 0) is 20.7 Å². The molecule has 2 aliphatic rings. The monoisotopic (exact) mass is 645 g/mol. The molecule has 1 saturated carbocycles. The number of nitrogens with one attached hydrogen (secondary N) is 1. The van der Waals surface area contributed by atoms with E-state index in [1.165, 1.54) is 72.7 Å². The Labute approximate surface area is 262 Å². The van der Waals surface area contributed by atoms with Crippen LogP contribution in [0.15, 0.2) is 77.7 Å². The Morgan fingerprint density at radius 3 is 2.07 bits per heavy atom. The summed E-state index contributed by atoms with van der Waals surface area (Å²) >= 11 is 5.96. The molecule has 1 aliphatic heterocycles. The number of carbonyl (C=O) groups is 1. The number of ether oxygens (including phenoxy) is 1. The summed E-state index contributed by atoms with van der Waals surface area (Å²) < 4.78 is 67.3.